The van der Waals surface area contributed by atoms with E-state index in [0.29, 0.717) is 37.3 Å². The van der Waals surface area contributed by atoms with Gasteiger partial charge in [-0.15, -0.1) is 12.4 Å². The molecular formula is C26H49B2ClN4O8. The van der Waals surface area contributed by atoms with Crippen LogP contribution in [0.5, 0.6) is 0 Å². The van der Waals surface area contributed by atoms with Gasteiger partial charge in [-0.1, -0.05) is 26.7 Å². The number of nitrogens with one attached hydrogen (secondary N) is 2. The van der Waals surface area contributed by atoms with E-state index in [1.165, 1.54) is 6.42 Å². The molecule has 3 saturated heterocycles. The van der Waals surface area contributed by atoms with E-state index in [9.17, 15) is 14.7 Å². The number of nitrogens with two attached hydrogens (primary N) is 2. The van der Waals surface area contributed by atoms with Gasteiger partial charge in [0, 0.05) is 37.0 Å². The van der Waals surface area contributed by atoms with E-state index in [1.807, 2.05) is 0 Å². The summed E-state index contributed by atoms with van der Waals surface area (Å²) in [6.07, 6.45) is 6.52. The van der Waals surface area contributed by atoms with Gasteiger partial charge in [-0.2, -0.15) is 0 Å². The van der Waals surface area contributed by atoms with Crippen LogP contribution < -0.4 is 22.1 Å². The molecule has 12 nitrogen and oxygen atoms in total. The Bertz CT molecular complexity index is 923. The minimum absolute atomic E-state index is 0. The highest BCUT2D eigenvalue weighted by molar-refractivity contribution is 6.45. The second kappa shape index (κ2) is 13.8. The van der Waals surface area contributed by atoms with E-state index in [2.05, 4.69) is 31.4 Å². The van der Waals surface area contributed by atoms with Crippen molar-refractivity contribution in [1.82, 2.24) is 10.6 Å². The Hall–Kier alpha value is -0.960. The lowest BCUT2D eigenvalue weighted by Gasteiger charge is -2.64. The number of aliphatic carboxylic acids is 2. The van der Waals surface area contributed by atoms with Gasteiger partial charge in [0.15, 0.2) is 0 Å². The van der Waals surface area contributed by atoms with Gasteiger partial charge in [0.2, 0.25) is 0 Å². The normalized spacial score (nSPS) is 40.1. The minimum Gasteiger partial charge on any atom is -0.480 e. The molecule has 0 amide bonds. The van der Waals surface area contributed by atoms with Crippen LogP contribution in [-0.2, 0) is 18.9 Å². The first-order valence-electron chi connectivity index (χ1n) is 14.9. The van der Waals surface area contributed by atoms with Gasteiger partial charge in [0.05, 0.1) is 11.7 Å². The minimum atomic E-state index is -1.32. The zero-order valence-corrected chi connectivity index (χ0v) is 25.2. The smallest absolute Gasteiger partial charge is 0.457 e. The summed E-state index contributed by atoms with van der Waals surface area (Å²) < 4.78 is 12.7. The van der Waals surface area contributed by atoms with Crippen LogP contribution in [0.3, 0.4) is 0 Å². The van der Waals surface area contributed by atoms with Crippen LogP contribution >= 0.6 is 12.4 Å². The van der Waals surface area contributed by atoms with Gasteiger partial charge in [-0.05, 0) is 62.5 Å². The highest BCUT2D eigenvalue weighted by Gasteiger charge is 2.67. The molecule has 3 aliphatic heterocycles. The molecule has 0 aromatic rings. The predicted molar refractivity (Wildman–Crippen MR) is 157 cm³/mol. The van der Waals surface area contributed by atoms with Crippen LogP contribution in [0.15, 0.2) is 0 Å². The van der Waals surface area contributed by atoms with Crippen LogP contribution in [0.4, 0.5) is 0 Å². The molecule has 10 atom stereocenters. The third-order valence-electron chi connectivity index (χ3n) is 10.6. The SMILES string of the molecule is CC1(C)[C@H]2C[C@@H]3OB(CCCC4C(N)CN[C@@H]4C(=O)O)O[C@]3(C)[C@@H]1C2.Cl.NC1CN[C@H](C(=O)O)C1CCCB(O)O. The number of carbonyl (C=O) groups is 2. The Morgan fingerprint density at radius 2 is 1.49 bits per heavy atom. The topological polar surface area (TPSA) is 210 Å². The Balaban J connectivity index is 0.000000250. The molecule has 6 rings (SSSR count). The summed E-state index contributed by atoms with van der Waals surface area (Å²) in [6.45, 7) is 8.05. The molecule has 6 fully saturated rings. The van der Waals surface area contributed by atoms with Crippen molar-refractivity contribution in [2.75, 3.05) is 13.1 Å². The van der Waals surface area contributed by atoms with E-state index in [-0.39, 0.29) is 61.5 Å². The molecule has 0 spiro atoms. The molecule has 3 heterocycles. The zero-order valence-electron chi connectivity index (χ0n) is 24.4. The Labute approximate surface area is 249 Å². The first-order chi connectivity index (χ1) is 18.8. The van der Waals surface area contributed by atoms with Crippen LogP contribution in [0.2, 0.25) is 12.6 Å². The van der Waals surface area contributed by atoms with Gasteiger partial charge in [-0.3, -0.25) is 9.59 Å². The summed E-state index contributed by atoms with van der Waals surface area (Å²) in [4.78, 5) is 22.2. The van der Waals surface area contributed by atoms with Crippen LogP contribution in [0.25, 0.3) is 0 Å². The molecule has 10 N–H and O–H groups in total. The summed E-state index contributed by atoms with van der Waals surface area (Å²) in [5.74, 6) is -0.483. The Kier molecular flexibility index (Phi) is 11.6. The Morgan fingerprint density at radius 3 is 1.98 bits per heavy atom. The van der Waals surface area contributed by atoms with Crippen LogP contribution in [-0.4, -0.2) is 95.4 Å². The van der Waals surface area contributed by atoms with Crippen molar-refractivity contribution < 1.29 is 39.2 Å². The number of carboxylic acid groups (broad SMARTS) is 2. The molecule has 0 aromatic heterocycles. The molecule has 3 saturated carbocycles. The highest BCUT2D eigenvalue weighted by Crippen LogP contribution is 2.65. The lowest BCUT2D eigenvalue weighted by atomic mass is 9.43. The fourth-order valence-corrected chi connectivity index (χ4v) is 8.06. The molecule has 0 radical (unpaired) electrons. The van der Waals surface area contributed by atoms with Crippen LogP contribution in [0.1, 0.15) is 59.3 Å². The standard InChI is InChI=1S/C18H31BN2O4.C8H17BN2O4.ClH/c1-17(2)10-7-13(17)18(3)14(8-10)24-19(25-18)6-4-5-11-12(20)9-21-15(11)16(22)23;10-6-4-11-7(8(12)13)5(6)2-1-3-9(14)15;/h10-15,21H,4-9,20H2,1-3H3,(H,22,23);5-7,11,14-15H,1-4,10H2,(H,12,13);1H/t10-,11?,12?,13-,14+,15+,18-;5?,6?,7-;/m10./s1. The average molecular weight is 603 g/mol. The van der Waals surface area contributed by atoms with Crippen molar-refractivity contribution in [2.45, 2.75) is 108 Å². The molecule has 234 valence electrons. The predicted octanol–water partition coefficient (Wildman–Crippen LogP) is 0.156. The summed E-state index contributed by atoms with van der Waals surface area (Å²) in [7, 11) is -1.47. The fraction of sp³-hybridized carbons (Fsp3) is 0.923. The number of hydrogen-bond donors (Lipinski definition) is 8. The van der Waals surface area contributed by atoms with E-state index in [1.54, 1.807) is 0 Å². The summed E-state index contributed by atoms with van der Waals surface area (Å²) in [5.41, 5.74) is 12.1. The zero-order chi connectivity index (χ0) is 29.4. The monoisotopic (exact) mass is 602 g/mol. The van der Waals surface area contributed by atoms with E-state index in [0.717, 1.165) is 31.5 Å². The lowest BCUT2D eigenvalue weighted by molar-refractivity contribution is -0.199. The highest BCUT2D eigenvalue weighted by atomic mass is 35.5. The van der Waals surface area contributed by atoms with E-state index in [4.69, 9.17) is 35.9 Å². The molecule has 41 heavy (non-hydrogen) atoms. The third kappa shape index (κ3) is 7.24. The summed E-state index contributed by atoms with van der Waals surface area (Å²) >= 11 is 0. The molecule has 4 unspecified atom stereocenters. The lowest BCUT2D eigenvalue weighted by Crippen LogP contribution is -2.65. The van der Waals surface area contributed by atoms with E-state index < -0.39 is 31.1 Å². The number of carboxylic acids is 2. The number of hydrogen-bond acceptors (Lipinski definition) is 10. The fourth-order valence-electron chi connectivity index (χ4n) is 8.06. The van der Waals surface area contributed by atoms with Crippen molar-refractivity contribution in [3.8, 4) is 0 Å². The second-order valence-corrected chi connectivity index (χ2v) is 13.3. The van der Waals surface area contributed by atoms with Crippen molar-refractivity contribution in [3.05, 3.63) is 0 Å². The summed E-state index contributed by atoms with van der Waals surface area (Å²) in [6, 6.07) is -1.37. The molecule has 3 aliphatic carbocycles. The maximum absolute atomic E-state index is 11.3. The van der Waals surface area contributed by atoms with Gasteiger partial charge < -0.3 is 51.7 Å². The maximum Gasteiger partial charge on any atom is 0.457 e. The maximum atomic E-state index is 11.3. The first kappa shape index (κ1) is 34.5. The van der Waals surface area contributed by atoms with Gasteiger partial charge >= 0.3 is 26.2 Å². The molecule has 15 heteroatoms. The van der Waals surface area contributed by atoms with Crippen LogP contribution in [0, 0.1) is 29.1 Å². The van der Waals surface area contributed by atoms with Crippen molar-refractivity contribution in [2.24, 2.45) is 40.6 Å². The quantitative estimate of drug-likeness (QED) is 0.157. The largest absolute Gasteiger partial charge is 0.480 e. The van der Waals surface area contributed by atoms with Crippen molar-refractivity contribution in [3.63, 3.8) is 0 Å². The average Bonchev–Trinajstić information content (AvgIpc) is 3.53. The first-order valence-corrected chi connectivity index (χ1v) is 14.9. The van der Waals surface area contributed by atoms with Gasteiger partial charge in [-0.25, -0.2) is 0 Å². The van der Waals surface area contributed by atoms with Crippen molar-refractivity contribution >= 4 is 38.6 Å². The number of halogens is 1. The van der Waals surface area contributed by atoms with Gasteiger partial charge in [0.25, 0.3) is 0 Å². The van der Waals surface area contributed by atoms with E-state index >= 15 is 0 Å². The molecule has 6 aliphatic rings. The second-order valence-electron chi connectivity index (χ2n) is 13.3. The third-order valence-corrected chi connectivity index (χ3v) is 10.6. The van der Waals surface area contributed by atoms with Gasteiger partial charge in [0.1, 0.15) is 12.1 Å². The van der Waals surface area contributed by atoms with Crippen molar-refractivity contribution in [1.29, 1.82) is 0 Å². The summed E-state index contributed by atoms with van der Waals surface area (Å²) in [5, 5.41) is 41.4. The Morgan fingerprint density at radius 1 is 0.951 bits per heavy atom. The number of rotatable bonds is 10. The molecule has 0 aromatic carbocycles. The molecular weight excluding hydrogens is 553 g/mol. The molecule has 2 bridgehead atoms.